The van der Waals surface area contributed by atoms with Crippen LogP contribution >= 0.6 is 0 Å². The van der Waals surface area contributed by atoms with Gasteiger partial charge in [0, 0.05) is 11.0 Å². The third-order valence-electron chi connectivity index (χ3n) is 4.28. The van der Waals surface area contributed by atoms with Gasteiger partial charge < -0.3 is 16.4 Å². The first-order valence-electron chi connectivity index (χ1n) is 9.80. The SMILES string of the molecule is CC(C)(C)NC(Cc1ccccc1)C(=O)NC(CCCN)C(=O)C(C)(C)C. The van der Waals surface area contributed by atoms with Crippen molar-refractivity contribution in [2.75, 3.05) is 6.54 Å². The molecule has 0 saturated carbocycles. The summed E-state index contributed by atoms with van der Waals surface area (Å²) in [5.74, 6) is -0.105. The van der Waals surface area contributed by atoms with Crippen molar-refractivity contribution < 1.29 is 9.59 Å². The number of hydrogen-bond donors (Lipinski definition) is 3. The second-order valence-corrected chi connectivity index (χ2v) is 9.24. The van der Waals surface area contributed by atoms with Gasteiger partial charge in [-0.2, -0.15) is 0 Å². The third kappa shape index (κ3) is 8.67. The van der Waals surface area contributed by atoms with Gasteiger partial charge in [-0.1, -0.05) is 51.1 Å². The molecule has 152 valence electrons. The number of hydrogen-bond acceptors (Lipinski definition) is 4. The Morgan fingerprint density at radius 3 is 2.07 bits per heavy atom. The van der Waals surface area contributed by atoms with Crippen molar-refractivity contribution in [2.45, 2.75) is 78.4 Å². The minimum atomic E-state index is -0.515. The van der Waals surface area contributed by atoms with Gasteiger partial charge >= 0.3 is 0 Å². The molecular formula is C22H37N3O2. The van der Waals surface area contributed by atoms with Gasteiger partial charge in [-0.3, -0.25) is 9.59 Å². The molecule has 0 fully saturated rings. The molecule has 0 heterocycles. The molecular weight excluding hydrogens is 338 g/mol. The van der Waals surface area contributed by atoms with E-state index in [9.17, 15) is 9.59 Å². The predicted octanol–water partition coefficient (Wildman–Crippen LogP) is 2.82. The van der Waals surface area contributed by atoms with Gasteiger partial charge in [0.05, 0.1) is 12.1 Å². The maximum atomic E-state index is 13.1. The quantitative estimate of drug-likeness (QED) is 0.620. The zero-order chi connectivity index (χ0) is 20.7. The van der Waals surface area contributed by atoms with E-state index < -0.39 is 17.5 Å². The highest BCUT2D eigenvalue weighted by molar-refractivity contribution is 5.93. The lowest BCUT2D eigenvalue weighted by Crippen LogP contribution is -2.56. The molecule has 1 amide bonds. The summed E-state index contributed by atoms with van der Waals surface area (Å²) in [6.07, 6.45) is 1.83. The Balaban J connectivity index is 2.97. The third-order valence-corrected chi connectivity index (χ3v) is 4.28. The second-order valence-electron chi connectivity index (χ2n) is 9.24. The number of nitrogens with one attached hydrogen (secondary N) is 2. The normalized spacial score (nSPS) is 14.5. The molecule has 0 saturated heterocycles. The molecule has 1 aromatic rings. The molecule has 0 aliphatic rings. The minimum Gasteiger partial charge on any atom is -0.345 e. The van der Waals surface area contributed by atoms with Crippen LogP contribution in [0.15, 0.2) is 30.3 Å². The Bertz CT molecular complexity index is 600. The number of amides is 1. The molecule has 2 atom stereocenters. The molecule has 5 nitrogen and oxygen atoms in total. The molecule has 0 bridgehead atoms. The second kappa shape index (κ2) is 10.00. The fourth-order valence-corrected chi connectivity index (χ4v) is 2.97. The summed E-state index contributed by atoms with van der Waals surface area (Å²) >= 11 is 0. The number of benzene rings is 1. The standard InChI is InChI=1S/C22H37N3O2/c1-21(2,3)19(26)17(13-10-14-23)24-20(27)18(25-22(4,5)6)15-16-11-8-7-9-12-16/h7-9,11-12,17-18,25H,10,13-15,23H2,1-6H3,(H,24,27). The van der Waals surface area contributed by atoms with Crippen LogP contribution in [0.5, 0.6) is 0 Å². The highest BCUT2D eigenvalue weighted by atomic mass is 16.2. The lowest BCUT2D eigenvalue weighted by atomic mass is 9.84. The van der Waals surface area contributed by atoms with E-state index >= 15 is 0 Å². The summed E-state index contributed by atoms with van der Waals surface area (Å²) in [4.78, 5) is 25.9. The molecule has 0 radical (unpaired) electrons. The van der Waals surface area contributed by atoms with Crippen LogP contribution in [0.3, 0.4) is 0 Å². The molecule has 5 heteroatoms. The topological polar surface area (TPSA) is 84.2 Å². The van der Waals surface area contributed by atoms with E-state index in [-0.39, 0.29) is 17.2 Å². The Morgan fingerprint density at radius 2 is 1.59 bits per heavy atom. The van der Waals surface area contributed by atoms with E-state index in [1.54, 1.807) is 0 Å². The molecule has 1 rings (SSSR count). The van der Waals surface area contributed by atoms with Crippen molar-refractivity contribution in [1.29, 1.82) is 0 Å². The number of ketones is 1. The van der Waals surface area contributed by atoms with Crippen LogP contribution in [-0.2, 0) is 16.0 Å². The number of Topliss-reactive ketones (excluding diaryl/α,β-unsaturated/α-hetero) is 1. The highest BCUT2D eigenvalue weighted by Crippen LogP contribution is 2.19. The molecule has 4 N–H and O–H groups in total. The summed E-state index contributed by atoms with van der Waals surface area (Å²) in [6, 6.07) is 8.99. The van der Waals surface area contributed by atoms with Crippen LogP contribution in [0, 0.1) is 5.41 Å². The van der Waals surface area contributed by atoms with Gasteiger partial charge in [0.25, 0.3) is 0 Å². The molecule has 0 aromatic heterocycles. The van der Waals surface area contributed by atoms with E-state index in [0.29, 0.717) is 25.8 Å². The van der Waals surface area contributed by atoms with Crippen LogP contribution in [0.2, 0.25) is 0 Å². The summed E-state index contributed by atoms with van der Waals surface area (Å²) < 4.78 is 0. The van der Waals surface area contributed by atoms with Gasteiger partial charge in [0.1, 0.15) is 0 Å². The van der Waals surface area contributed by atoms with Crippen LogP contribution in [0.4, 0.5) is 0 Å². The van der Waals surface area contributed by atoms with E-state index in [1.165, 1.54) is 0 Å². The van der Waals surface area contributed by atoms with Crippen molar-refractivity contribution in [2.24, 2.45) is 11.1 Å². The fourth-order valence-electron chi connectivity index (χ4n) is 2.97. The van der Waals surface area contributed by atoms with E-state index in [4.69, 9.17) is 5.73 Å². The number of rotatable bonds is 9. The predicted molar refractivity (Wildman–Crippen MR) is 112 cm³/mol. The summed E-state index contributed by atoms with van der Waals surface area (Å²) in [6.45, 7) is 12.2. The number of carbonyl (C=O) groups is 2. The molecule has 2 unspecified atom stereocenters. The maximum absolute atomic E-state index is 13.1. The van der Waals surface area contributed by atoms with Crippen LogP contribution in [0.1, 0.15) is 59.9 Å². The number of carbonyl (C=O) groups excluding carboxylic acids is 2. The molecule has 0 aliphatic carbocycles. The van der Waals surface area contributed by atoms with Crippen LogP contribution in [0.25, 0.3) is 0 Å². The first-order chi connectivity index (χ1) is 12.4. The Labute approximate surface area is 164 Å². The van der Waals surface area contributed by atoms with E-state index in [0.717, 1.165) is 5.56 Å². The molecule has 0 aliphatic heterocycles. The van der Waals surface area contributed by atoms with Crippen molar-refractivity contribution in [3.8, 4) is 0 Å². The van der Waals surface area contributed by atoms with Gasteiger partial charge in [-0.15, -0.1) is 0 Å². The summed E-state index contributed by atoms with van der Waals surface area (Å²) in [5.41, 5.74) is 5.96. The zero-order valence-corrected chi connectivity index (χ0v) is 17.8. The van der Waals surface area contributed by atoms with E-state index in [1.807, 2.05) is 71.9 Å². The summed E-state index contributed by atoms with van der Waals surface area (Å²) in [5, 5.41) is 6.39. The van der Waals surface area contributed by atoms with Crippen molar-refractivity contribution in [3.63, 3.8) is 0 Å². The van der Waals surface area contributed by atoms with Gasteiger partial charge in [0.15, 0.2) is 5.78 Å². The van der Waals surface area contributed by atoms with Gasteiger partial charge in [-0.25, -0.2) is 0 Å². The average molecular weight is 376 g/mol. The Kier molecular flexibility index (Phi) is 8.63. The van der Waals surface area contributed by atoms with Crippen molar-refractivity contribution >= 4 is 11.7 Å². The number of nitrogens with two attached hydrogens (primary N) is 1. The largest absolute Gasteiger partial charge is 0.345 e. The molecule has 0 spiro atoms. The Morgan fingerprint density at radius 1 is 1.00 bits per heavy atom. The lowest BCUT2D eigenvalue weighted by molar-refractivity contribution is -0.133. The zero-order valence-electron chi connectivity index (χ0n) is 17.8. The van der Waals surface area contributed by atoms with Crippen LogP contribution < -0.4 is 16.4 Å². The monoisotopic (exact) mass is 375 g/mol. The van der Waals surface area contributed by atoms with Gasteiger partial charge in [-0.05, 0) is 52.1 Å². The summed E-state index contributed by atoms with van der Waals surface area (Å²) in [7, 11) is 0. The minimum absolute atomic E-state index is 0.0403. The van der Waals surface area contributed by atoms with E-state index in [2.05, 4.69) is 10.6 Å². The highest BCUT2D eigenvalue weighted by Gasteiger charge is 2.32. The molecule has 1 aromatic carbocycles. The lowest BCUT2D eigenvalue weighted by Gasteiger charge is -2.31. The average Bonchev–Trinajstić information content (AvgIpc) is 2.56. The first-order valence-corrected chi connectivity index (χ1v) is 9.80. The Hall–Kier alpha value is -1.72. The van der Waals surface area contributed by atoms with Crippen LogP contribution in [-0.4, -0.2) is 35.9 Å². The smallest absolute Gasteiger partial charge is 0.238 e. The fraction of sp³-hybridized carbons (Fsp3) is 0.636. The van der Waals surface area contributed by atoms with Crippen molar-refractivity contribution in [1.82, 2.24) is 10.6 Å². The maximum Gasteiger partial charge on any atom is 0.238 e. The first kappa shape index (κ1) is 23.3. The molecule has 27 heavy (non-hydrogen) atoms. The van der Waals surface area contributed by atoms with Crippen molar-refractivity contribution in [3.05, 3.63) is 35.9 Å². The van der Waals surface area contributed by atoms with Gasteiger partial charge in [0.2, 0.25) is 5.91 Å².